The summed E-state index contributed by atoms with van der Waals surface area (Å²) in [5.41, 5.74) is 2.11. The van der Waals surface area contributed by atoms with Gasteiger partial charge in [-0.05, 0) is 38.7 Å². The van der Waals surface area contributed by atoms with Gasteiger partial charge in [0.25, 0.3) is 0 Å². The molecule has 132 valence electrons. The highest BCUT2D eigenvalue weighted by Crippen LogP contribution is 2.26. The van der Waals surface area contributed by atoms with Crippen molar-refractivity contribution in [2.24, 2.45) is 0 Å². The first-order valence-corrected chi connectivity index (χ1v) is 8.38. The summed E-state index contributed by atoms with van der Waals surface area (Å²) in [4.78, 5) is 16.6. The van der Waals surface area contributed by atoms with Crippen molar-refractivity contribution in [2.45, 2.75) is 19.1 Å². The number of ether oxygens (including phenoxy) is 1. The van der Waals surface area contributed by atoms with Gasteiger partial charge in [0, 0.05) is 0 Å². The number of benzene rings is 2. The maximum atomic E-state index is 13.6. The summed E-state index contributed by atoms with van der Waals surface area (Å²) in [7, 11) is 3.80. The van der Waals surface area contributed by atoms with Gasteiger partial charge in [-0.25, -0.2) is 4.39 Å². The fourth-order valence-corrected chi connectivity index (χ4v) is 3.09. The second-order valence-corrected chi connectivity index (χ2v) is 6.69. The number of nitrogens with zero attached hydrogens (tertiary/aromatic N) is 2. The Morgan fingerprint density at radius 3 is 2.56 bits per heavy atom. The molecular weight excluding hydrogens is 319 g/mol. The molecule has 25 heavy (non-hydrogen) atoms. The van der Waals surface area contributed by atoms with Gasteiger partial charge in [-0.2, -0.15) is 0 Å². The molecule has 2 aromatic rings. The number of rotatable bonds is 5. The van der Waals surface area contributed by atoms with E-state index in [0.29, 0.717) is 13.1 Å². The van der Waals surface area contributed by atoms with Crippen LogP contribution in [-0.4, -0.2) is 49.0 Å². The van der Waals surface area contributed by atoms with Crippen LogP contribution in [0.2, 0.25) is 0 Å². The lowest BCUT2D eigenvalue weighted by Crippen LogP contribution is -2.58. The van der Waals surface area contributed by atoms with Gasteiger partial charge in [0.15, 0.2) is 11.6 Å². The Balaban J connectivity index is 1.64. The van der Waals surface area contributed by atoms with Gasteiger partial charge in [-0.15, -0.1) is 0 Å². The zero-order valence-corrected chi connectivity index (χ0v) is 14.8. The van der Waals surface area contributed by atoms with Crippen molar-refractivity contribution in [1.82, 2.24) is 9.80 Å². The highest BCUT2D eigenvalue weighted by molar-refractivity contribution is 5.84. The van der Waals surface area contributed by atoms with Crippen LogP contribution < -0.4 is 4.74 Å². The first-order chi connectivity index (χ1) is 12.0. The van der Waals surface area contributed by atoms with Crippen LogP contribution in [-0.2, 0) is 4.79 Å². The molecule has 1 atom stereocenters. The van der Waals surface area contributed by atoms with Crippen molar-refractivity contribution in [3.05, 3.63) is 65.5 Å². The largest absolute Gasteiger partial charge is 0.484 e. The molecule has 1 amide bonds. The average molecular weight is 342 g/mol. The fraction of sp³-hybridized carbons (Fsp3) is 0.350. The summed E-state index contributed by atoms with van der Waals surface area (Å²) >= 11 is 0. The lowest BCUT2D eigenvalue weighted by atomic mass is 10.0. The summed E-state index contributed by atoms with van der Waals surface area (Å²) in [6.07, 6.45) is -0.166. The molecule has 0 bridgehead atoms. The van der Waals surface area contributed by atoms with E-state index < -0.39 is 0 Å². The van der Waals surface area contributed by atoms with Crippen molar-refractivity contribution < 1.29 is 13.9 Å². The van der Waals surface area contributed by atoms with Crippen LogP contribution >= 0.6 is 0 Å². The average Bonchev–Trinajstić information content (AvgIpc) is 2.51. The SMILES string of the molecule is Cc1cccc([C@H](C(=O)N2CC(Oc3ccccc3F)C2)N(C)C)c1. The Bertz CT molecular complexity index is 757. The van der Waals surface area contributed by atoms with E-state index in [9.17, 15) is 9.18 Å². The van der Waals surface area contributed by atoms with E-state index in [1.807, 2.05) is 50.2 Å². The minimum Gasteiger partial charge on any atom is -0.484 e. The molecule has 0 saturated carbocycles. The van der Waals surface area contributed by atoms with Crippen LogP contribution in [0.1, 0.15) is 17.2 Å². The van der Waals surface area contributed by atoms with Gasteiger partial charge in [0.1, 0.15) is 12.1 Å². The molecule has 3 rings (SSSR count). The van der Waals surface area contributed by atoms with E-state index in [1.54, 1.807) is 23.1 Å². The predicted octanol–water partition coefficient (Wildman–Crippen LogP) is 3.03. The maximum absolute atomic E-state index is 13.6. The molecule has 0 unspecified atom stereocenters. The molecule has 1 fully saturated rings. The fourth-order valence-electron chi connectivity index (χ4n) is 3.09. The quantitative estimate of drug-likeness (QED) is 0.837. The van der Waals surface area contributed by atoms with Gasteiger partial charge in [0.2, 0.25) is 5.91 Å². The number of hydrogen-bond acceptors (Lipinski definition) is 3. The van der Waals surface area contributed by atoms with Crippen molar-refractivity contribution in [3.8, 4) is 5.75 Å². The monoisotopic (exact) mass is 342 g/mol. The lowest BCUT2D eigenvalue weighted by molar-refractivity contribution is -0.145. The second kappa shape index (κ2) is 7.23. The standard InChI is InChI=1S/C20H23FN2O2/c1-14-7-6-8-15(11-14)19(22(2)3)20(24)23-12-16(13-23)25-18-10-5-4-9-17(18)21/h4-11,16,19H,12-13H2,1-3H3/t19-/m1/s1. The number of para-hydroxylation sites is 1. The molecule has 2 aromatic carbocycles. The highest BCUT2D eigenvalue weighted by Gasteiger charge is 2.37. The Morgan fingerprint density at radius 1 is 1.20 bits per heavy atom. The Kier molecular flexibility index (Phi) is 5.04. The smallest absolute Gasteiger partial charge is 0.244 e. The minimum absolute atomic E-state index is 0.0454. The topological polar surface area (TPSA) is 32.8 Å². The molecule has 0 N–H and O–H groups in total. The van der Waals surface area contributed by atoms with E-state index in [-0.39, 0.29) is 29.6 Å². The van der Waals surface area contributed by atoms with Gasteiger partial charge in [0.05, 0.1) is 13.1 Å². The highest BCUT2D eigenvalue weighted by atomic mass is 19.1. The number of halogens is 1. The van der Waals surface area contributed by atoms with Crippen molar-refractivity contribution in [3.63, 3.8) is 0 Å². The molecule has 0 spiro atoms. The van der Waals surface area contributed by atoms with E-state index in [2.05, 4.69) is 0 Å². The van der Waals surface area contributed by atoms with Crippen molar-refractivity contribution >= 4 is 5.91 Å². The summed E-state index contributed by atoms with van der Waals surface area (Å²) in [5.74, 6) is -0.0929. The molecule has 4 nitrogen and oxygen atoms in total. The van der Waals surface area contributed by atoms with E-state index in [4.69, 9.17) is 4.74 Å². The molecule has 1 aliphatic rings. The minimum atomic E-state index is -0.377. The number of hydrogen-bond donors (Lipinski definition) is 0. The van der Waals surface area contributed by atoms with Crippen LogP contribution in [0, 0.1) is 12.7 Å². The number of carbonyl (C=O) groups is 1. The van der Waals surface area contributed by atoms with Crippen molar-refractivity contribution in [1.29, 1.82) is 0 Å². The molecule has 0 radical (unpaired) electrons. The Labute approximate surface area is 147 Å². The van der Waals surface area contributed by atoms with Gasteiger partial charge in [-0.1, -0.05) is 42.0 Å². The number of aryl methyl sites for hydroxylation is 1. The van der Waals surface area contributed by atoms with Gasteiger partial charge < -0.3 is 9.64 Å². The maximum Gasteiger partial charge on any atom is 0.244 e. The van der Waals surface area contributed by atoms with E-state index >= 15 is 0 Å². The van der Waals surface area contributed by atoms with E-state index in [0.717, 1.165) is 11.1 Å². The first-order valence-electron chi connectivity index (χ1n) is 8.38. The summed E-state index contributed by atoms with van der Waals surface area (Å²) in [5, 5.41) is 0. The third-order valence-electron chi connectivity index (χ3n) is 4.40. The number of likely N-dealkylation sites (N-methyl/N-ethyl adjacent to an activating group) is 1. The third kappa shape index (κ3) is 3.82. The Morgan fingerprint density at radius 2 is 1.92 bits per heavy atom. The zero-order valence-electron chi connectivity index (χ0n) is 14.8. The zero-order chi connectivity index (χ0) is 18.0. The van der Waals surface area contributed by atoms with Gasteiger partial charge in [-0.3, -0.25) is 9.69 Å². The van der Waals surface area contributed by atoms with Crippen LogP contribution in [0.15, 0.2) is 48.5 Å². The summed E-state index contributed by atoms with van der Waals surface area (Å²) < 4.78 is 19.3. The Hall–Kier alpha value is -2.40. The summed E-state index contributed by atoms with van der Waals surface area (Å²) in [6.45, 7) is 2.97. The normalized spacial score (nSPS) is 15.8. The predicted molar refractivity (Wildman–Crippen MR) is 95.0 cm³/mol. The van der Waals surface area contributed by atoms with Gasteiger partial charge >= 0.3 is 0 Å². The van der Waals surface area contributed by atoms with E-state index in [1.165, 1.54) is 6.07 Å². The molecule has 0 aliphatic carbocycles. The summed E-state index contributed by atoms with van der Waals surface area (Å²) in [6, 6.07) is 14.0. The third-order valence-corrected chi connectivity index (χ3v) is 4.40. The lowest BCUT2D eigenvalue weighted by Gasteiger charge is -2.41. The van der Waals surface area contributed by atoms with Crippen LogP contribution in [0.5, 0.6) is 5.75 Å². The molecule has 1 heterocycles. The van der Waals surface area contributed by atoms with Crippen LogP contribution in [0.3, 0.4) is 0 Å². The molecule has 1 aliphatic heterocycles. The molecular formula is C20H23FN2O2. The van der Waals surface area contributed by atoms with Crippen LogP contribution in [0.25, 0.3) is 0 Å². The molecule has 1 saturated heterocycles. The second-order valence-electron chi connectivity index (χ2n) is 6.69. The molecule has 5 heteroatoms. The molecule has 0 aromatic heterocycles. The van der Waals surface area contributed by atoms with Crippen molar-refractivity contribution in [2.75, 3.05) is 27.2 Å². The number of carbonyl (C=O) groups excluding carboxylic acids is 1. The number of amides is 1. The van der Waals surface area contributed by atoms with Crippen LogP contribution in [0.4, 0.5) is 4.39 Å². The number of likely N-dealkylation sites (tertiary alicyclic amines) is 1. The first kappa shape index (κ1) is 17.4.